The highest BCUT2D eigenvalue weighted by Crippen LogP contribution is 2.51. The molecule has 1 aliphatic rings. The summed E-state index contributed by atoms with van der Waals surface area (Å²) in [4.78, 5) is 191. The number of rotatable bonds is 40. The second-order valence-corrected chi connectivity index (χ2v) is 30.2. The number of benzene rings is 1. The molecular weight excluding hydrogens is 1300 g/mol. The van der Waals surface area contributed by atoms with Gasteiger partial charge < -0.3 is 102 Å². The fourth-order valence-electron chi connectivity index (χ4n) is 10.7. The summed E-state index contributed by atoms with van der Waals surface area (Å²) in [6.45, 7) is 7.97. The summed E-state index contributed by atoms with van der Waals surface area (Å²) >= 11 is 0. The molecule has 8 amide bonds. The number of nitrogens with one attached hydrogen (secondary N) is 8. The molecule has 0 aliphatic carbocycles. The van der Waals surface area contributed by atoms with Crippen molar-refractivity contribution in [2.24, 2.45) is 0 Å². The first-order valence-corrected chi connectivity index (χ1v) is 33.3. The van der Waals surface area contributed by atoms with Crippen molar-refractivity contribution in [2.75, 3.05) is 98.2 Å². The number of amides is 8. The number of hydrogen-bond donors (Lipinski definition) is 13. The quantitative estimate of drug-likeness (QED) is 0.0165. The number of unbranched alkanes of at least 4 members (excludes halogenated alkanes) is 1. The van der Waals surface area contributed by atoms with Crippen LogP contribution in [0.1, 0.15) is 123 Å². The van der Waals surface area contributed by atoms with E-state index < -0.39 is 196 Å². The van der Waals surface area contributed by atoms with E-state index in [9.17, 15) is 108 Å². The summed E-state index contributed by atoms with van der Waals surface area (Å²) in [5.74, 6) is -16.6. The number of urea groups is 1. The van der Waals surface area contributed by atoms with Crippen molar-refractivity contribution in [3.05, 3.63) is 29.8 Å². The molecular formula is C60H92FN12O23Si-3. The standard InChI is InChI=1S/C60H95FN12O23Si/c1-59(2,3)97(61,60(4,5)6)38-14-12-37(13-15-38)52(86)64-32-43(66-47(77)33-70-24-26-71(34-49(80)81)28-30-73(36-51(84)85)31-29-72(27-25-70)35-50(82)83)53(87)67-40(55(90)91)10-7-8-22-62-44(74)19-20-45(75)63-23-9-11-39(54(88)89)65-46(76)18-16-41(56(92)93)68-58(96)69-42(57(94)95)17-21-48(78)79/h12-15,39-43H,7-11,16-36H2,1-6H3,(H,62,74)(H,63,75)(H,64,86)(H,65,76)(H,66,77)(H,67,87)(H,78,79)(H,80,81)(H,82,83)(H,84,85)(H,88,89)(H,90,91)(H,92,93)(H,94,95)(H2,68,69,96)/p-3/t39-,40+,41-,42-,43+/m0/s1. The topological polar surface area (TPSA) is 536 Å². The molecule has 35 nitrogen and oxygen atoms in total. The van der Waals surface area contributed by atoms with Gasteiger partial charge in [-0.3, -0.25) is 53.2 Å². The van der Waals surface area contributed by atoms with Crippen molar-refractivity contribution >= 4 is 103 Å². The highest BCUT2D eigenvalue weighted by Gasteiger charge is 2.56. The van der Waals surface area contributed by atoms with Gasteiger partial charge in [-0.1, -0.05) is 53.7 Å². The molecule has 0 bridgehead atoms. The van der Waals surface area contributed by atoms with Gasteiger partial charge in [0.25, 0.3) is 14.3 Å². The zero-order valence-corrected chi connectivity index (χ0v) is 56.3. The van der Waals surface area contributed by atoms with E-state index in [-0.39, 0.29) is 116 Å². The summed E-state index contributed by atoms with van der Waals surface area (Å²) in [5.41, 5.74) is 0.0635. The van der Waals surface area contributed by atoms with E-state index in [2.05, 4.69) is 31.9 Å². The number of hydrogen-bond acceptors (Lipinski definition) is 22. The molecule has 97 heavy (non-hydrogen) atoms. The van der Waals surface area contributed by atoms with Crippen molar-refractivity contribution in [3.63, 3.8) is 0 Å². The molecule has 1 fully saturated rings. The maximum absolute atomic E-state index is 17.1. The van der Waals surface area contributed by atoms with E-state index in [1.54, 1.807) is 0 Å². The van der Waals surface area contributed by atoms with Crippen LogP contribution in [-0.4, -0.2) is 271 Å². The third kappa shape index (κ3) is 32.1. The number of carboxylic acid groups (broad SMARTS) is 8. The molecule has 2 rings (SSSR count). The molecule has 1 aliphatic heterocycles. The molecule has 0 saturated carbocycles. The van der Waals surface area contributed by atoms with Crippen LogP contribution in [0.4, 0.5) is 8.90 Å². The second-order valence-electron chi connectivity index (χ2n) is 25.4. The first-order chi connectivity index (χ1) is 45.2. The lowest BCUT2D eigenvalue weighted by molar-refractivity contribution is -0.308. The van der Waals surface area contributed by atoms with Crippen LogP contribution in [0.15, 0.2) is 24.3 Å². The van der Waals surface area contributed by atoms with Gasteiger partial charge in [0.15, 0.2) is 0 Å². The molecule has 1 aromatic carbocycles. The van der Waals surface area contributed by atoms with E-state index in [4.69, 9.17) is 5.11 Å². The highest BCUT2D eigenvalue weighted by molar-refractivity contribution is 6.90. The minimum Gasteiger partial charge on any atom is -0.549 e. The van der Waals surface area contributed by atoms with Gasteiger partial charge in [0, 0.05) is 123 Å². The number of carboxylic acids is 8. The molecule has 1 saturated heterocycles. The molecule has 13 N–H and O–H groups in total. The Bertz CT molecular complexity index is 2870. The molecule has 0 unspecified atom stereocenters. The molecule has 5 atom stereocenters. The Morgan fingerprint density at radius 2 is 0.814 bits per heavy atom. The third-order valence-corrected chi connectivity index (χ3v) is 20.9. The minimum absolute atomic E-state index is 0.00482. The minimum atomic E-state index is -3.75. The van der Waals surface area contributed by atoms with Crippen LogP contribution >= 0.6 is 0 Å². The number of aliphatic carboxylic acids is 8. The highest BCUT2D eigenvalue weighted by atomic mass is 28.4. The molecule has 0 spiro atoms. The largest absolute Gasteiger partial charge is 0.549 e. The van der Waals surface area contributed by atoms with Gasteiger partial charge in [-0.25, -0.2) is 24.0 Å². The maximum Gasteiger partial charge on any atom is 0.326 e. The van der Waals surface area contributed by atoms with Crippen LogP contribution in [0.25, 0.3) is 0 Å². The summed E-state index contributed by atoms with van der Waals surface area (Å²) in [6, 6.07) is -3.53. The Morgan fingerprint density at radius 1 is 0.443 bits per heavy atom. The molecule has 544 valence electrons. The van der Waals surface area contributed by atoms with Gasteiger partial charge in [0.1, 0.15) is 30.2 Å². The SMILES string of the molecule is CC(C)(C)[Si](F)(c1ccc(C(=O)NC[C@@H](NC(=O)CN2CCN(CC(=O)[O-])CCN(CC(=O)[O-])CCN(CC(=O)[O-])CC2)C(=O)N[C@H](CCCCNC(=O)CCC(=O)NCCC[C@H](NC(=O)CC[C@H](NC(=O)N[C@@H](CCC(=O)O)C(=O)O)C(=O)O)C(=O)O)C(=O)O)cc1)C(C)(C)C. The summed E-state index contributed by atoms with van der Waals surface area (Å²) in [7, 11) is -3.75. The lowest BCUT2D eigenvalue weighted by Crippen LogP contribution is -2.58. The van der Waals surface area contributed by atoms with E-state index in [0.29, 0.717) is 5.19 Å². The lowest BCUT2D eigenvalue weighted by Gasteiger charge is -2.44. The summed E-state index contributed by atoms with van der Waals surface area (Å²) in [6.07, 6.45) is -3.09. The zero-order valence-electron chi connectivity index (χ0n) is 55.3. The molecule has 0 aromatic heterocycles. The van der Waals surface area contributed by atoms with Crippen molar-refractivity contribution < 1.29 is 117 Å². The van der Waals surface area contributed by atoms with Gasteiger partial charge in [-0.2, -0.15) is 0 Å². The van der Waals surface area contributed by atoms with Crippen LogP contribution in [0, 0.1) is 0 Å². The van der Waals surface area contributed by atoms with E-state index in [1.807, 2.05) is 52.2 Å². The monoisotopic (exact) mass is 1400 g/mol. The second kappa shape index (κ2) is 41.2. The van der Waals surface area contributed by atoms with Gasteiger partial charge in [0.2, 0.25) is 29.5 Å². The zero-order chi connectivity index (χ0) is 73.4. The molecule has 1 heterocycles. The van der Waals surface area contributed by atoms with Gasteiger partial charge in [-0.15, -0.1) is 0 Å². The molecule has 0 radical (unpaired) electrons. The van der Waals surface area contributed by atoms with Crippen LogP contribution in [0.5, 0.6) is 0 Å². The van der Waals surface area contributed by atoms with Gasteiger partial charge in [0.05, 0.1) is 24.5 Å². The molecule has 1 aromatic rings. The predicted molar refractivity (Wildman–Crippen MR) is 336 cm³/mol. The Morgan fingerprint density at radius 3 is 1.22 bits per heavy atom. The summed E-state index contributed by atoms with van der Waals surface area (Å²) < 4.78 is 17.1. The van der Waals surface area contributed by atoms with Crippen LogP contribution in [0.2, 0.25) is 10.1 Å². The Hall–Kier alpha value is -8.94. The summed E-state index contributed by atoms with van der Waals surface area (Å²) in [5, 5.41) is 100.0. The molecule has 37 heteroatoms. The predicted octanol–water partition coefficient (Wildman–Crippen LogP) is -5.95. The van der Waals surface area contributed by atoms with E-state index >= 15 is 4.11 Å². The van der Waals surface area contributed by atoms with Crippen LogP contribution < -0.4 is 63.0 Å². The number of carbonyl (C=O) groups excluding carboxylic acids is 10. The first-order valence-electron chi connectivity index (χ1n) is 31.4. The van der Waals surface area contributed by atoms with Crippen LogP contribution in [-0.2, 0) is 62.3 Å². The van der Waals surface area contributed by atoms with Crippen molar-refractivity contribution in [3.8, 4) is 0 Å². The average molecular weight is 1400 g/mol. The first kappa shape index (κ1) is 84.1. The van der Waals surface area contributed by atoms with Crippen molar-refractivity contribution in [2.45, 2.75) is 152 Å². The van der Waals surface area contributed by atoms with E-state index in [0.717, 1.165) is 0 Å². The maximum atomic E-state index is 17.1. The van der Waals surface area contributed by atoms with Crippen LogP contribution in [0.3, 0.4) is 0 Å². The fourth-order valence-corrected chi connectivity index (χ4v) is 15.3. The smallest absolute Gasteiger partial charge is 0.326 e. The van der Waals surface area contributed by atoms with Crippen molar-refractivity contribution in [1.82, 2.24) is 62.1 Å². The number of carbonyl (C=O) groups is 15. The van der Waals surface area contributed by atoms with Gasteiger partial charge in [-0.05, 0) is 72.3 Å². The van der Waals surface area contributed by atoms with E-state index in [1.165, 1.54) is 43.9 Å². The Kier molecular flexibility index (Phi) is 35.8. The van der Waals surface area contributed by atoms with Crippen molar-refractivity contribution in [1.29, 1.82) is 0 Å². The Labute approximate surface area is 560 Å². The Balaban J connectivity index is 2.11. The fraction of sp³-hybridized carbons (Fsp3) is 0.650. The third-order valence-electron chi connectivity index (χ3n) is 15.7. The lowest BCUT2D eigenvalue weighted by atomic mass is 10.1. The average Bonchev–Trinajstić information content (AvgIpc) is 0.749. The normalized spacial score (nSPS) is 15.5. The number of halogens is 1. The number of nitrogens with zero attached hydrogens (tertiary/aromatic N) is 4. The van der Waals surface area contributed by atoms with Gasteiger partial charge >= 0.3 is 35.9 Å².